The van der Waals surface area contributed by atoms with Crippen LogP contribution in [0, 0.1) is 0 Å². The van der Waals surface area contributed by atoms with Crippen molar-refractivity contribution in [1.82, 2.24) is 0 Å². The van der Waals surface area contributed by atoms with Gasteiger partial charge in [-0.05, 0) is 77.0 Å². The predicted octanol–water partition coefficient (Wildman–Crippen LogP) is 16.9. The third kappa shape index (κ3) is 46.7. The van der Waals surface area contributed by atoms with Gasteiger partial charge >= 0.3 is 17.9 Å². The number of allylic oxidation sites excluding steroid dienone is 6. The van der Waals surface area contributed by atoms with Crippen molar-refractivity contribution in [2.24, 2.45) is 0 Å². The highest BCUT2D eigenvalue weighted by Gasteiger charge is 2.19. The second-order valence-electron chi connectivity index (χ2n) is 17.4. The number of unbranched alkanes of at least 4 members (excludes halogenated alkanes) is 30. The Balaban J connectivity index is 4.39. The standard InChI is InChI=1S/C54H98O6/c1-4-7-10-13-16-19-22-25-27-30-32-35-38-41-44-47-53(56)59-50-51(49-58-52(55)46-43-40-37-34-31-28-24-21-18-15-12-9-6-3)60-54(57)48-45-42-39-36-33-29-26-23-20-17-14-11-8-5-2/h16,19,23,25-27,51H,4-15,17-18,20-22,24,28-50H2,1-3H3/b19-16+,26-23+,27-25+/t51-/m1/s1. The van der Waals surface area contributed by atoms with Crippen molar-refractivity contribution in [1.29, 1.82) is 0 Å². The molecule has 0 saturated heterocycles. The van der Waals surface area contributed by atoms with Crippen molar-refractivity contribution in [3.63, 3.8) is 0 Å². The van der Waals surface area contributed by atoms with Gasteiger partial charge in [-0.2, -0.15) is 0 Å². The van der Waals surface area contributed by atoms with Crippen LogP contribution in [0.25, 0.3) is 0 Å². The highest BCUT2D eigenvalue weighted by atomic mass is 16.6. The maximum atomic E-state index is 12.8. The maximum Gasteiger partial charge on any atom is 0.306 e. The third-order valence-corrected chi connectivity index (χ3v) is 11.4. The number of rotatable bonds is 47. The molecule has 60 heavy (non-hydrogen) atoms. The van der Waals surface area contributed by atoms with Crippen LogP contribution < -0.4 is 0 Å². The van der Waals surface area contributed by atoms with Crippen LogP contribution in [0.5, 0.6) is 0 Å². The molecule has 0 aromatic carbocycles. The Morgan fingerprint density at radius 2 is 0.600 bits per heavy atom. The predicted molar refractivity (Wildman–Crippen MR) is 256 cm³/mol. The Hall–Kier alpha value is -2.37. The monoisotopic (exact) mass is 843 g/mol. The average Bonchev–Trinajstić information content (AvgIpc) is 3.24. The van der Waals surface area contributed by atoms with Crippen LogP contribution in [-0.2, 0) is 28.6 Å². The summed E-state index contributed by atoms with van der Waals surface area (Å²) in [6.07, 6.45) is 56.9. The van der Waals surface area contributed by atoms with Gasteiger partial charge in [0, 0.05) is 19.3 Å². The summed E-state index contributed by atoms with van der Waals surface area (Å²) in [5.41, 5.74) is 0. The van der Waals surface area contributed by atoms with Gasteiger partial charge in [0.25, 0.3) is 0 Å². The Morgan fingerprint density at radius 3 is 0.967 bits per heavy atom. The first-order valence-electron chi connectivity index (χ1n) is 26.0. The SMILES string of the molecule is CCCCC/C=C/C/C=C/CCCCCCCC(=O)OC[C@@H](COC(=O)CCCCCCCCCCCCCCC)OC(=O)CCCCCCC/C=C/CCCCCCC. The van der Waals surface area contributed by atoms with Gasteiger partial charge in [-0.25, -0.2) is 0 Å². The quantitative estimate of drug-likeness (QED) is 0.0263. The van der Waals surface area contributed by atoms with E-state index in [4.69, 9.17) is 14.2 Å². The summed E-state index contributed by atoms with van der Waals surface area (Å²) in [6.45, 7) is 6.60. The van der Waals surface area contributed by atoms with Crippen LogP contribution >= 0.6 is 0 Å². The van der Waals surface area contributed by atoms with E-state index in [1.54, 1.807) is 0 Å². The first-order valence-corrected chi connectivity index (χ1v) is 26.0. The fourth-order valence-electron chi connectivity index (χ4n) is 7.41. The van der Waals surface area contributed by atoms with Gasteiger partial charge in [-0.15, -0.1) is 0 Å². The van der Waals surface area contributed by atoms with Crippen LogP contribution in [0.15, 0.2) is 36.5 Å². The van der Waals surface area contributed by atoms with Crippen LogP contribution in [0.1, 0.15) is 271 Å². The van der Waals surface area contributed by atoms with Gasteiger partial charge < -0.3 is 14.2 Å². The molecule has 1 atom stereocenters. The van der Waals surface area contributed by atoms with Gasteiger partial charge in [0.05, 0.1) is 0 Å². The lowest BCUT2D eigenvalue weighted by molar-refractivity contribution is -0.167. The van der Waals surface area contributed by atoms with Crippen molar-refractivity contribution in [3.8, 4) is 0 Å². The molecular formula is C54H98O6. The van der Waals surface area contributed by atoms with E-state index in [0.717, 1.165) is 83.5 Å². The molecule has 0 rings (SSSR count). The number of esters is 3. The number of carbonyl (C=O) groups is 3. The smallest absolute Gasteiger partial charge is 0.306 e. The molecule has 0 radical (unpaired) electrons. The molecule has 0 aliphatic rings. The number of carbonyl (C=O) groups excluding carboxylic acids is 3. The third-order valence-electron chi connectivity index (χ3n) is 11.4. The van der Waals surface area contributed by atoms with E-state index in [0.29, 0.717) is 19.3 Å². The van der Waals surface area contributed by atoms with Gasteiger partial charge in [-0.1, -0.05) is 211 Å². The normalized spacial score (nSPS) is 12.2. The second-order valence-corrected chi connectivity index (χ2v) is 17.4. The molecule has 0 aromatic rings. The summed E-state index contributed by atoms with van der Waals surface area (Å²) in [7, 11) is 0. The zero-order chi connectivity index (χ0) is 43.7. The minimum Gasteiger partial charge on any atom is -0.462 e. The van der Waals surface area contributed by atoms with E-state index in [-0.39, 0.29) is 31.1 Å². The molecule has 6 nitrogen and oxygen atoms in total. The summed E-state index contributed by atoms with van der Waals surface area (Å²) in [5, 5.41) is 0. The van der Waals surface area contributed by atoms with E-state index in [1.165, 1.54) is 148 Å². The second kappa shape index (κ2) is 49.3. The first kappa shape index (κ1) is 57.6. The fourth-order valence-corrected chi connectivity index (χ4v) is 7.41. The minimum atomic E-state index is -0.778. The number of hydrogen-bond acceptors (Lipinski definition) is 6. The molecule has 0 bridgehead atoms. The molecule has 0 N–H and O–H groups in total. The van der Waals surface area contributed by atoms with Crippen molar-refractivity contribution >= 4 is 17.9 Å². The number of ether oxygens (including phenoxy) is 3. The molecule has 0 aromatic heterocycles. The largest absolute Gasteiger partial charge is 0.462 e. The van der Waals surface area contributed by atoms with E-state index in [2.05, 4.69) is 57.2 Å². The molecule has 0 unspecified atom stereocenters. The average molecular weight is 843 g/mol. The van der Waals surface area contributed by atoms with Crippen molar-refractivity contribution < 1.29 is 28.6 Å². The highest BCUT2D eigenvalue weighted by Crippen LogP contribution is 2.15. The summed E-state index contributed by atoms with van der Waals surface area (Å²) < 4.78 is 16.8. The summed E-state index contributed by atoms with van der Waals surface area (Å²) in [5.74, 6) is -0.890. The molecule has 0 heterocycles. The molecule has 0 aliphatic heterocycles. The van der Waals surface area contributed by atoms with Gasteiger partial charge in [0.1, 0.15) is 13.2 Å². The maximum absolute atomic E-state index is 12.8. The highest BCUT2D eigenvalue weighted by molar-refractivity contribution is 5.71. The van der Waals surface area contributed by atoms with Crippen LogP contribution in [0.2, 0.25) is 0 Å². The Morgan fingerprint density at radius 1 is 0.333 bits per heavy atom. The Labute approximate surface area is 372 Å². The lowest BCUT2D eigenvalue weighted by atomic mass is 10.0. The summed E-state index contributed by atoms with van der Waals surface area (Å²) >= 11 is 0. The van der Waals surface area contributed by atoms with Gasteiger partial charge in [-0.3, -0.25) is 14.4 Å². The number of hydrogen-bond donors (Lipinski definition) is 0. The van der Waals surface area contributed by atoms with Crippen LogP contribution in [0.4, 0.5) is 0 Å². The van der Waals surface area contributed by atoms with Gasteiger partial charge in [0.15, 0.2) is 6.10 Å². The molecule has 0 saturated carbocycles. The van der Waals surface area contributed by atoms with E-state index < -0.39 is 6.10 Å². The fraction of sp³-hybridized carbons (Fsp3) is 0.833. The molecule has 0 aliphatic carbocycles. The van der Waals surface area contributed by atoms with E-state index >= 15 is 0 Å². The first-order chi connectivity index (χ1) is 29.5. The summed E-state index contributed by atoms with van der Waals surface area (Å²) in [6, 6.07) is 0. The van der Waals surface area contributed by atoms with Gasteiger partial charge in [0.2, 0.25) is 0 Å². The van der Waals surface area contributed by atoms with E-state index in [1.807, 2.05) is 0 Å². The molecule has 0 amide bonds. The van der Waals surface area contributed by atoms with Crippen LogP contribution in [-0.4, -0.2) is 37.2 Å². The lowest BCUT2D eigenvalue weighted by Gasteiger charge is -2.18. The Kier molecular flexibility index (Phi) is 47.3. The lowest BCUT2D eigenvalue weighted by Crippen LogP contribution is -2.30. The van der Waals surface area contributed by atoms with Crippen LogP contribution in [0.3, 0.4) is 0 Å². The van der Waals surface area contributed by atoms with Crippen molar-refractivity contribution in [3.05, 3.63) is 36.5 Å². The molecule has 0 spiro atoms. The molecule has 6 heteroatoms. The van der Waals surface area contributed by atoms with Crippen molar-refractivity contribution in [2.45, 2.75) is 277 Å². The zero-order valence-electron chi connectivity index (χ0n) is 40.0. The van der Waals surface area contributed by atoms with Crippen molar-refractivity contribution in [2.75, 3.05) is 13.2 Å². The summed E-state index contributed by atoms with van der Waals surface area (Å²) in [4.78, 5) is 37.9. The molecular weight excluding hydrogens is 745 g/mol. The molecule has 0 fully saturated rings. The minimum absolute atomic E-state index is 0.0771. The topological polar surface area (TPSA) is 78.9 Å². The molecule has 350 valence electrons. The Bertz CT molecular complexity index is 1020. The van der Waals surface area contributed by atoms with E-state index in [9.17, 15) is 14.4 Å². The zero-order valence-corrected chi connectivity index (χ0v) is 40.0.